The number of hydrogen-bond acceptors (Lipinski definition) is 5. The predicted octanol–water partition coefficient (Wildman–Crippen LogP) is 2.46. The summed E-state index contributed by atoms with van der Waals surface area (Å²) in [4.78, 5) is 25.5. The highest BCUT2D eigenvalue weighted by atomic mass is 32.2. The Labute approximate surface area is 187 Å². The van der Waals surface area contributed by atoms with Gasteiger partial charge in [-0.05, 0) is 42.0 Å². The van der Waals surface area contributed by atoms with Crippen LogP contribution < -0.4 is 0 Å². The van der Waals surface area contributed by atoms with Gasteiger partial charge in [-0.2, -0.15) is 17.5 Å². The van der Waals surface area contributed by atoms with Crippen LogP contribution in [0.3, 0.4) is 0 Å². The number of hydrogen-bond donors (Lipinski definition) is 0. The summed E-state index contributed by atoms with van der Waals surface area (Å²) in [5.74, 6) is -1.85. The summed E-state index contributed by atoms with van der Waals surface area (Å²) in [6, 6.07) is 8.45. The maximum absolute atomic E-state index is 13.0. The average Bonchev–Trinajstić information content (AvgIpc) is 2.77. The SMILES string of the molecule is O=C(Cc1ccc(C(F)(F)F)cc1)OCC(=O)N1CCN(S(=O)(=O)c2ccc(F)cc2)CC1. The van der Waals surface area contributed by atoms with Gasteiger partial charge in [0.25, 0.3) is 5.91 Å². The molecule has 0 N–H and O–H groups in total. The van der Waals surface area contributed by atoms with E-state index in [-0.39, 0.29) is 37.5 Å². The Kier molecular flexibility index (Phi) is 7.38. The Morgan fingerprint density at radius 1 is 0.909 bits per heavy atom. The summed E-state index contributed by atoms with van der Waals surface area (Å²) in [5.41, 5.74) is -0.532. The Balaban J connectivity index is 1.46. The van der Waals surface area contributed by atoms with Crippen molar-refractivity contribution in [1.29, 1.82) is 0 Å². The van der Waals surface area contributed by atoms with Crippen molar-refractivity contribution in [3.63, 3.8) is 0 Å². The Morgan fingerprint density at radius 3 is 2.03 bits per heavy atom. The first-order valence-corrected chi connectivity index (χ1v) is 11.3. The van der Waals surface area contributed by atoms with Gasteiger partial charge in [-0.3, -0.25) is 9.59 Å². The topological polar surface area (TPSA) is 84.0 Å². The quantitative estimate of drug-likeness (QED) is 0.461. The van der Waals surface area contributed by atoms with E-state index in [0.29, 0.717) is 5.56 Å². The second kappa shape index (κ2) is 9.87. The van der Waals surface area contributed by atoms with Crippen molar-refractivity contribution >= 4 is 21.9 Å². The van der Waals surface area contributed by atoms with Crippen LogP contribution in [0.25, 0.3) is 0 Å². The van der Waals surface area contributed by atoms with Gasteiger partial charge in [0.1, 0.15) is 5.82 Å². The maximum atomic E-state index is 13.0. The van der Waals surface area contributed by atoms with Crippen LogP contribution in [0.4, 0.5) is 17.6 Å². The van der Waals surface area contributed by atoms with E-state index >= 15 is 0 Å². The van der Waals surface area contributed by atoms with Crippen molar-refractivity contribution in [1.82, 2.24) is 9.21 Å². The molecule has 1 heterocycles. The molecule has 0 aromatic heterocycles. The average molecular weight is 488 g/mol. The molecule has 0 aliphatic carbocycles. The van der Waals surface area contributed by atoms with Crippen LogP contribution >= 0.6 is 0 Å². The van der Waals surface area contributed by atoms with Crippen molar-refractivity contribution < 1.29 is 40.3 Å². The van der Waals surface area contributed by atoms with Crippen LogP contribution in [0.1, 0.15) is 11.1 Å². The highest BCUT2D eigenvalue weighted by molar-refractivity contribution is 7.89. The van der Waals surface area contributed by atoms with E-state index in [9.17, 15) is 35.6 Å². The van der Waals surface area contributed by atoms with Gasteiger partial charge in [-0.25, -0.2) is 12.8 Å². The smallest absolute Gasteiger partial charge is 0.416 e. The molecule has 2 aromatic carbocycles. The van der Waals surface area contributed by atoms with Crippen LogP contribution in [0.5, 0.6) is 0 Å². The molecule has 0 unspecified atom stereocenters. The molecule has 1 fully saturated rings. The molecule has 1 saturated heterocycles. The molecule has 0 spiro atoms. The van der Waals surface area contributed by atoms with E-state index in [0.717, 1.165) is 48.5 Å². The summed E-state index contributed by atoms with van der Waals surface area (Å²) in [7, 11) is -3.83. The van der Waals surface area contributed by atoms with Crippen molar-refractivity contribution in [3.8, 4) is 0 Å². The number of carbonyl (C=O) groups excluding carboxylic acids is 2. The number of sulfonamides is 1. The monoisotopic (exact) mass is 488 g/mol. The number of alkyl halides is 3. The molecule has 0 radical (unpaired) electrons. The van der Waals surface area contributed by atoms with E-state index in [1.54, 1.807) is 0 Å². The van der Waals surface area contributed by atoms with Gasteiger partial charge >= 0.3 is 12.1 Å². The van der Waals surface area contributed by atoms with Crippen LogP contribution in [0, 0.1) is 5.82 Å². The van der Waals surface area contributed by atoms with Gasteiger partial charge in [0.15, 0.2) is 6.61 Å². The van der Waals surface area contributed by atoms with Gasteiger partial charge in [0.2, 0.25) is 10.0 Å². The third kappa shape index (κ3) is 6.29. The van der Waals surface area contributed by atoms with Gasteiger partial charge in [0.05, 0.1) is 16.9 Å². The van der Waals surface area contributed by atoms with Gasteiger partial charge in [0, 0.05) is 26.2 Å². The molecular weight excluding hydrogens is 468 g/mol. The highest BCUT2D eigenvalue weighted by Gasteiger charge is 2.31. The van der Waals surface area contributed by atoms with Crippen molar-refractivity contribution in [2.75, 3.05) is 32.8 Å². The Bertz CT molecular complexity index is 1090. The predicted molar refractivity (Wildman–Crippen MR) is 108 cm³/mol. The number of halogens is 4. The molecule has 0 saturated carbocycles. The summed E-state index contributed by atoms with van der Waals surface area (Å²) in [6.07, 6.45) is -4.77. The zero-order valence-electron chi connectivity index (χ0n) is 17.2. The van der Waals surface area contributed by atoms with Crippen LogP contribution in [-0.4, -0.2) is 62.3 Å². The van der Waals surface area contributed by atoms with Crippen LogP contribution in [0.2, 0.25) is 0 Å². The summed E-state index contributed by atoms with van der Waals surface area (Å²) in [5, 5.41) is 0. The number of amides is 1. The van der Waals surface area contributed by atoms with Crippen LogP contribution in [0.15, 0.2) is 53.4 Å². The maximum Gasteiger partial charge on any atom is 0.416 e. The van der Waals surface area contributed by atoms with Crippen LogP contribution in [-0.2, 0) is 36.9 Å². The number of rotatable bonds is 6. The molecule has 12 heteroatoms. The first kappa shape index (κ1) is 24.6. The molecular formula is C21H20F4N2O5S. The summed E-state index contributed by atoms with van der Waals surface area (Å²) >= 11 is 0. The van der Waals surface area contributed by atoms with E-state index in [4.69, 9.17) is 4.74 Å². The number of piperazine rings is 1. The number of nitrogens with zero attached hydrogens (tertiary/aromatic N) is 2. The van der Waals surface area contributed by atoms with E-state index in [1.165, 1.54) is 9.21 Å². The lowest BCUT2D eigenvalue weighted by molar-refractivity contribution is -0.152. The van der Waals surface area contributed by atoms with E-state index < -0.39 is 46.1 Å². The Hall–Kier alpha value is -2.99. The third-order valence-corrected chi connectivity index (χ3v) is 6.94. The molecule has 2 aromatic rings. The normalized spacial score (nSPS) is 15.3. The number of carbonyl (C=O) groups is 2. The lowest BCUT2D eigenvalue weighted by atomic mass is 10.1. The zero-order chi connectivity index (χ0) is 24.2. The fourth-order valence-corrected chi connectivity index (χ4v) is 4.62. The largest absolute Gasteiger partial charge is 0.455 e. The molecule has 178 valence electrons. The number of esters is 1. The molecule has 1 aliphatic heterocycles. The number of ether oxygens (including phenoxy) is 1. The molecule has 7 nitrogen and oxygen atoms in total. The lowest BCUT2D eigenvalue weighted by Gasteiger charge is -2.33. The second-order valence-electron chi connectivity index (χ2n) is 7.27. The molecule has 1 aliphatic rings. The number of benzene rings is 2. The molecule has 0 bridgehead atoms. The van der Waals surface area contributed by atoms with Crippen molar-refractivity contribution in [3.05, 3.63) is 65.5 Å². The minimum atomic E-state index is -4.48. The molecule has 0 atom stereocenters. The van der Waals surface area contributed by atoms with Crippen molar-refractivity contribution in [2.45, 2.75) is 17.5 Å². The van der Waals surface area contributed by atoms with Gasteiger partial charge < -0.3 is 9.64 Å². The summed E-state index contributed by atoms with van der Waals surface area (Å²) < 4.78 is 82.1. The van der Waals surface area contributed by atoms with E-state index in [1.807, 2.05) is 0 Å². The zero-order valence-corrected chi connectivity index (χ0v) is 18.0. The molecule has 1 amide bonds. The molecule has 33 heavy (non-hydrogen) atoms. The fraction of sp³-hybridized carbons (Fsp3) is 0.333. The van der Waals surface area contributed by atoms with E-state index in [2.05, 4.69) is 0 Å². The molecule has 3 rings (SSSR count). The van der Waals surface area contributed by atoms with Crippen molar-refractivity contribution in [2.24, 2.45) is 0 Å². The highest BCUT2D eigenvalue weighted by Crippen LogP contribution is 2.29. The summed E-state index contributed by atoms with van der Waals surface area (Å²) in [6.45, 7) is -0.370. The lowest BCUT2D eigenvalue weighted by Crippen LogP contribution is -2.51. The fourth-order valence-electron chi connectivity index (χ4n) is 3.20. The first-order chi connectivity index (χ1) is 15.5. The minimum absolute atomic E-state index is 0.0188. The Morgan fingerprint density at radius 2 is 1.48 bits per heavy atom. The standard InChI is InChI=1S/C21H20F4N2O5S/c22-17-5-7-18(8-6-17)33(30,31)27-11-9-26(10-12-27)19(28)14-32-20(29)13-15-1-3-16(4-2-15)21(23,24)25/h1-8H,9-14H2. The van der Waals surface area contributed by atoms with Gasteiger partial charge in [-0.1, -0.05) is 12.1 Å². The minimum Gasteiger partial charge on any atom is -0.455 e. The van der Waals surface area contributed by atoms with Gasteiger partial charge in [-0.15, -0.1) is 0 Å². The first-order valence-electron chi connectivity index (χ1n) is 9.82. The third-order valence-electron chi connectivity index (χ3n) is 5.03. The second-order valence-corrected chi connectivity index (χ2v) is 9.21.